The molecule has 0 aliphatic heterocycles. The monoisotopic (exact) mass is 281 g/mol. The van der Waals surface area contributed by atoms with Gasteiger partial charge in [-0.1, -0.05) is 19.0 Å². The van der Waals surface area contributed by atoms with E-state index in [1.165, 1.54) is 12.1 Å². The number of nitrogens with one attached hydrogen (secondary N) is 1. The van der Waals surface area contributed by atoms with Crippen molar-refractivity contribution in [1.82, 2.24) is 15.5 Å². The molecule has 1 N–H and O–H groups in total. The van der Waals surface area contributed by atoms with E-state index in [0.29, 0.717) is 17.3 Å². The highest BCUT2D eigenvalue weighted by molar-refractivity contribution is 5.21. The second kappa shape index (κ2) is 6.56. The van der Waals surface area contributed by atoms with Crippen LogP contribution >= 0.6 is 0 Å². The lowest BCUT2D eigenvalue weighted by atomic mass is 10.1. The molecule has 0 bridgehead atoms. The quantitative estimate of drug-likeness (QED) is 0.884. The van der Waals surface area contributed by atoms with Gasteiger partial charge < -0.3 is 9.84 Å². The summed E-state index contributed by atoms with van der Waals surface area (Å²) in [6, 6.07) is 3.37. The molecule has 20 heavy (non-hydrogen) atoms. The third-order valence-electron chi connectivity index (χ3n) is 2.89. The van der Waals surface area contributed by atoms with E-state index in [2.05, 4.69) is 15.5 Å². The minimum atomic E-state index is -0.607. The number of benzene rings is 1. The molecule has 0 radical (unpaired) electrons. The number of nitrogens with zero attached hydrogens (tertiary/aromatic N) is 2. The van der Waals surface area contributed by atoms with Gasteiger partial charge >= 0.3 is 0 Å². The highest BCUT2D eigenvalue weighted by Crippen LogP contribution is 2.15. The summed E-state index contributed by atoms with van der Waals surface area (Å²) in [5, 5.41) is 7.03. The lowest BCUT2D eigenvalue weighted by molar-refractivity contribution is 0.352. The first-order valence-electron chi connectivity index (χ1n) is 6.56. The SMILES string of the molecule is CCNCC(C)c1nc(Cc2cc(F)cc(F)c2)no1. The summed E-state index contributed by atoms with van der Waals surface area (Å²) in [6.45, 7) is 5.60. The van der Waals surface area contributed by atoms with E-state index < -0.39 is 11.6 Å². The summed E-state index contributed by atoms with van der Waals surface area (Å²) in [5.41, 5.74) is 0.481. The lowest BCUT2D eigenvalue weighted by Crippen LogP contribution is -2.19. The Kier molecular flexibility index (Phi) is 4.79. The second-order valence-corrected chi connectivity index (χ2v) is 4.71. The fraction of sp³-hybridized carbons (Fsp3) is 0.429. The molecule has 2 aromatic rings. The number of likely N-dealkylation sites (N-methyl/N-ethyl adjacent to an activating group) is 1. The minimum absolute atomic E-state index is 0.0976. The Morgan fingerprint density at radius 2 is 1.95 bits per heavy atom. The highest BCUT2D eigenvalue weighted by atomic mass is 19.1. The van der Waals surface area contributed by atoms with Gasteiger partial charge in [0.05, 0.1) is 0 Å². The standard InChI is InChI=1S/C14H17F2N3O/c1-3-17-8-9(2)14-18-13(19-20-14)6-10-4-11(15)7-12(16)5-10/h4-5,7,9,17H,3,6,8H2,1-2H3. The molecule has 1 heterocycles. The first-order chi connectivity index (χ1) is 9.58. The van der Waals surface area contributed by atoms with Crippen molar-refractivity contribution < 1.29 is 13.3 Å². The molecule has 0 saturated heterocycles. The molecular formula is C14H17F2N3O. The van der Waals surface area contributed by atoms with Gasteiger partial charge in [0.1, 0.15) is 11.6 Å². The molecule has 0 saturated carbocycles. The zero-order valence-corrected chi connectivity index (χ0v) is 11.5. The molecule has 1 atom stereocenters. The van der Waals surface area contributed by atoms with Crippen molar-refractivity contribution in [3.8, 4) is 0 Å². The molecule has 1 aromatic carbocycles. The van der Waals surface area contributed by atoms with E-state index >= 15 is 0 Å². The normalized spacial score (nSPS) is 12.6. The first-order valence-corrected chi connectivity index (χ1v) is 6.56. The maximum absolute atomic E-state index is 13.1. The smallest absolute Gasteiger partial charge is 0.230 e. The van der Waals surface area contributed by atoms with Crippen LogP contribution in [0.1, 0.15) is 37.0 Å². The van der Waals surface area contributed by atoms with Crippen LogP contribution in [0.15, 0.2) is 22.7 Å². The van der Waals surface area contributed by atoms with Gasteiger partial charge in [0.2, 0.25) is 5.89 Å². The van der Waals surface area contributed by atoms with Crippen molar-refractivity contribution in [2.24, 2.45) is 0 Å². The molecule has 0 aliphatic rings. The van der Waals surface area contributed by atoms with Crippen LogP contribution in [-0.4, -0.2) is 23.2 Å². The van der Waals surface area contributed by atoms with Gasteiger partial charge in [0.25, 0.3) is 0 Å². The van der Waals surface area contributed by atoms with Crippen LogP contribution in [0.2, 0.25) is 0 Å². The van der Waals surface area contributed by atoms with Crippen molar-refractivity contribution in [2.45, 2.75) is 26.2 Å². The van der Waals surface area contributed by atoms with Crippen molar-refractivity contribution in [3.05, 3.63) is 47.1 Å². The van der Waals surface area contributed by atoms with E-state index in [-0.39, 0.29) is 12.3 Å². The van der Waals surface area contributed by atoms with Gasteiger partial charge in [-0.3, -0.25) is 0 Å². The predicted molar refractivity (Wildman–Crippen MR) is 70.4 cm³/mol. The number of rotatable bonds is 6. The average Bonchev–Trinajstić information content (AvgIpc) is 2.83. The molecule has 4 nitrogen and oxygen atoms in total. The van der Waals surface area contributed by atoms with E-state index in [1.807, 2.05) is 13.8 Å². The Hall–Kier alpha value is -1.82. The fourth-order valence-electron chi connectivity index (χ4n) is 1.88. The molecule has 6 heteroatoms. The van der Waals surface area contributed by atoms with Gasteiger partial charge in [-0.2, -0.15) is 4.98 Å². The van der Waals surface area contributed by atoms with Crippen molar-refractivity contribution >= 4 is 0 Å². The Labute approximate surface area is 116 Å². The molecule has 108 valence electrons. The lowest BCUT2D eigenvalue weighted by Gasteiger charge is -2.05. The van der Waals surface area contributed by atoms with E-state index in [0.717, 1.165) is 19.2 Å². The zero-order valence-electron chi connectivity index (χ0n) is 11.5. The van der Waals surface area contributed by atoms with Crippen molar-refractivity contribution in [3.63, 3.8) is 0 Å². The summed E-state index contributed by atoms with van der Waals surface area (Å²) in [4.78, 5) is 4.26. The topological polar surface area (TPSA) is 51.0 Å². The molecular weight excluding hydrogens is 264 g/mol. The maximum Gasteiger partial charge on any atom is 0.230 e. The Balaban J connectivity index is 2.05. The predicted octanol–water partition coefficient (Wildman–Crippen LogP) is 2.65. The number of hydrogen-bond acceptors (Lipinski definition) is 4. The van der Waals surface area contributed by atoms with Crippen molar-refractivity contribution in [1.29, 1.82) is 0 Å². The van der Waals surface area contributed by atoms with Crippen LogP contribution in [0, 0.1) is 11.6 Å². The molecule has 2 rings (SSSR count). The van der Waals surface area contributed by atoms with E-state index in [1.54, 1.807) is 0 Å². The average molecular weight is 281 g/mol. The summed E-state index contributed by atoms with van der Waals surface area (Å²) >= 11 is 0. The van der Waals surface area contributed by atoms with E-state index in [4.69, 9.17) is 4.52 Å². The van der Waals surface area contributed by atoms with Crippen LogP contribution in [0.25, 0.3) is 0 Å². The third-order valence-corrected chi connectivity index (χ3v) is 2.89. The van der Waals surface area contributed by atoms with Gasteiger partial charge in [-0.05, 0) is 24.2 Å². The van der Waals surface area contributed by atoms with Gasteiger partial charge in [-0.15, -0.1) is 0 Å². The van der Waals surface area contributed by atoms with E-state index in [9.17, 15) is 8.78 Å². The van der Waals surface area contributed by atoms with Crippen LogP contribution in [0.3, 0.4) is 0 Å². The van der Waals surface area contributed by atoms with Gasteiger partial charge in [0, 0.05) is 24.9 Å². The van der Waals surface area contributed by atoms with Gasteiger partial charge in [0.15, 0.2) is 5.82 Å². The Bertz CT molecular complexity index is 551. The first kappa shape index (κ1) is 14.6. The molecule has 1 aromatic heterocycles. The summed E-state index contributed by atoms with van der Waals surface area (Å²) in [5.74, 6) is -0.167. The zero-order chi connectivity index (χ0) is 14.5. The fourth-order valence-corrected chi connectivity index (χ4v) is 1.88. The number of halogens is 2. The Morgan fingerprint density at radius 1 is 1.25 bits per heavy atom. The van der Waals surface area contributed by atoms with Crippen LogP contribution < -0.4 is 5.32 Å². The van der Waals surface area contributed by atoms with Crippen molar-refractivity contribution in [2.75, 3.05) is 13.1 Å². The molecule has 1 unspecified atom stereocenters. The molecule has 0 aliphatic carbocycles. The second-order valence-electron chi connectivity index (χ2n) is 4.71. The molecule has 0 spiro atoms. The number of aromatic nitrogens is 2. The summed E-state index contributed by atoms with van der Waals surface area (Å²) < 4.78 is 31.3. The third kappa shape index (κ3) is 3.84. The van der Waals surface area contributed by atoms with Crippen LogP contribution in [0.5, 0.6) is 0 Å². The summed E-state index contributed by atoms with van der Waals surface area (Å²) in [7, 11) is 0. The van der Waals surface area contributed by atoms with Crippen LogP contribution in [-0.2, 0) is 6.42 Å². The minimum Gasteiger partial charge on any atom is -0.339 e. The molecule has 0 fully saturated rings. The summed E-state index contributed by atoms with van der Waals surface area (Å²) in [6.07, 6.45) is 0.242. The van der Waals surface area contributed by atoms with Gasteiger partial charge in [-0.25, -0.2) is 8.78 Å². The largest absolute Gasteiger partial charge is 0.339 e. The number of hydrogen-bond donors (Lipinski definition) is 1. The Morgan fingerprint density at radius 3 is 2.60 bits per heavy atom. The highest BCUT2D eigenvalue weighted by Gasteiger charge is 2.14. The maximum atomic E-state index is 13.1. The molecule has 0 amide bonds. The van der Waals surface area contributed by atoms with Crippen LogP contribution in [0.4, 0.5) is 8.78 Å².